The van der Waals surface area contributed by atoms with Crippen LogP contribution in [0.1, 0.15) is 5.69 Å². The minimum Gasteiger partial charge on any atom is -0.482 e. The quantitative estimate of drug-likeness (QED) is 0.677. The third kappa shape index (κ3) is 2.14. The molecule has 0 spiro atoms. The van der Waals surface area contributed by atoms with Crippen LogP contribution < -0.4 is 4.74 Å². The smallest absolute Gasteiger partial charge is 0.255 e. The predicted molar refractivity (Wildman–Crippen MR) is 69.2 cm³/mol. The van der Waals surface area contributed by atoms with Crippen LogP contribution in [0.15, 0.2) is 42.6 Å². The van der Waals surface area contributed by atoms with Crippen LogP contribution in [0.3, 0.4) is 0 Å². The number of halogens is 1. The first kappa shape index (κ1) is 11.6. The second-order valence-electron chi connectivity index (χ2n) is 4.17. The van der Waals surface area contributed by atoms with E-state index in [1.807, 2.05) is 31.3 Å². The van der Waals surface area contributed by atoms with Crippen LogP contribution >= 0.6 is 0 Å². The van der Waals surface area contributed by atoms with Gasteiger partial charge in [0.1, 0.15) is 12.3 Å². The topological polar surface area (TPSA) is 39.9 Å². The van der Waals surface area contributed by atoms with Crippen LogP contribution in [0, 0.1) is 5.95 Å². The molecule has 0 bridgehead atoms. The molecule has 0 N–H and O–H groups in total. The lowest BCUT2D eigenvalue weighted by atomic mass is 10.2. The van der Waals surface area contributed by atoms with Crippen LogP contribution in [-0.2, 0) is 13.7 Å². The lowest BCUT2D eigenvalue weighted by molar-refractivity contribution is 0.282. The molecule has 2 heterocycles. The molecule has 0 amide bonds. The number of rotatable bonds is 3. The zero-order valence-electron chi connectivity index (χ0n) is 10.4. The lowest BCUT2D eigenvalue weighted by Crippen LogP contribution is -2.00. The van der Waals surface area contributed by atoms with Crippen molar-refractivity contribution in [1.82, 2.24) is 14.8 Å². The maximum atomic E-state index is 13.3. The van der Waals surface area contributed by atoms with Gasteiger partial charge in [0, 0.05) is 18.6 Å². The number of hydrogen-bond donors (Lipinski definition) is 0. The van der Waals surface area contributed by atoms with E-state index < -0.39 is 5.95 Å². The molecule has 0 aliphatic carbocycles. The van der Waals surface area contributed by atoms with Gasteiger partial charge in [-0.1, -0.05) is 18.2 Å². The molecule has 0 aliphatic heterocycles. The molecule has 1 aromatic carbocycles. The molecule has 4 nitrogen and oxygen atoms in total. The molecular formula is C14H12FN3O. The Morgan fingerprint density at radius 3 is 2.89 bits per heavy atom. The first-order valence-corrected chi connectivity index (χ1v) is 5.89. The van der Waals surface area contributed by atoms with E-state index in [-0.39, 0.29) is 12.4 Å². The molecule has 2 aromatic heterocycles. The molecule has 0 saturated heterocycles. The number of pyridine rings is 1. The van der Waals surface area contributed by atoms with E-state index in [1.165, 1.54) is 6.20 Å². The number of para-hydroxylation sites is 1. The lowest BCUT2D eigenvalue weighted by Gasteiger charge is -2.04. The molecule has 0 saturated carbocycles. The van der Waals surface area contributed by atoms with E-state index in [9.17, 15) is 4.39 Å². The molecule has 0 radical (unpaired) electrons. The molecule has 3 rings (SSSR count). The number of nitrogens with zero attached hydrogens (tertiary/aromatic N) is 3. The zero-order chi connectivity index (χ0) is 13.2. The average Bonchev–Trinajstić information content (AvgIpc) is 2.75. The summed E-state index contributed by atoms with van der Waals surface area (Å²) in [6.45, 7) is 0.212. The van der Waals surface area contributed by atoms with Gasteiger partial charge in [0.25, 0.3) is 5.95 Å². The fourth-order valence-electron chi connectivity index (χ4n) is 2.02. The van der Waals surface area contributed by atoms with E-state index in [0.29, 0.717) is 0 Å². The molecule has 3 aromatic rings. The van der Waals surface area contributed by atoms with Gasteiger partial charge in [-0.15, -0.1) is 0 Å². The Labute approximate surface area is 109 Å². The summed E-state index contributed by atoms with van der Waals surface area (Å²) >= 11 is 0. The second-order valence-corrected chi connectivity index (χ2v) is 4.17. The van der Waals surface area contributed by atoms with Crippen molar-refractivity contribution in [3.63, 3.8) is 0 Å². The minimum absolute atomic E-state index is 0.136. The Morgan fingerprint density at radius 1 is 1.21 bits per heavy atom. The minimum atomic E-state index is -0.609. The van der Waals surface area contributed by atoms with Crippen molar-refractivity contribution in [1.29, 1.82) is 0 Å². The largest absolute Gasteiger partial charge is 0.482 e. The average molecular weight is 257 g/mol. The zero-order valence-corrected chi connectivity index (χ0v) is 10.4. The van der Waals surface area contributed by atoms with Crippen molar-refractivity contribution in [2.75, 3.05) is 0 Å². The second kappa shape index (κ2) is 4.68. The van der Waals surface area contributed by atoms with Crippen molar-refractivity contribution in [2.24, 2.45) is 7.05 Å². The summed E-state index contributed by atoms with van der Waals surface area (Å²) in [6, 6.07) is 11.0. The van der Waals surface area contributed by atoms with E-state index >= 15 is 0 Å². The fraction of sp³-hybridized carbons (Fsp3) is 0.143. The van der Waals surface area contributed by atoms with Crippen LogP contribution in [-0.4, -0.2) is 14.8 Å². The van der Waals surface area contributed by atoms with Gasteiger partial charge in [-0.2, -0.15) is 9.49 Å². The van der Waals surface area contributed by atoms with Gasteiger partial charge in [0.2, 0.25) is 0 Å². The van der Waals surface area contributed by atoms with Gasteiger partial charge < -0.3 is 4.74 Å². The first-order chi connectivity index (χ1) is 9.25. The Hall–Kier alpha value is -2.43. The SMILES string of the molecule is Cn1nc(COc2cccnc2F)c2ccccc21. The van der Waals surface area contributed by atoms with Crippen molar-refractivity contribution in [3.8, 4) is 5.75 Å². The molecule has 0 fully saturated rings. The van der Waals surface area contributed by atoms with Crippen LogP contribution in [0.5, 0.6) is 5.75 Å². The number of aryl methyl sites for hydroxylation is 1. The number of fused-ring (bicyclic) bond motifs is 1. The van der Waals surface area contributed by atoms with Gasteiger partial charge in [0.05, 0.1) is 5.52 Å². The number of aromatic nitrogens is 3. The third-order valence-electron chi connectivity index (χ3n) is 2.92. The third-order valence-corrected chi connectivity index (χ3v) is 2.92. The summed E-state index contributed by atoms with van der Waals surface area (Å²) in [7, 11) is 1.87. The van der Waals surface area contributed by atoms with Gasteiger partial charge in [0.15, 0.2) is 5.75 Å². The molecule has 19 heavy (non-hydrogen) atoms. The maximum absolute atomic E-state index is 13.3. The van der Waals surface area contributed by atoms with E-state index in [1.54, 1.807) is 16.8 Å². The highest BCUT2D eigenvalue weighted by atomic mass is 19.1. The number of ether oxygens (including phenoxy) is 1. The number of benzene rings is 1. The molecule has 96 valence electrons. The summed E-state index contributed by atoms with van der Waals surface area (Å²) in [5, 5.41) is 5.39. The van der Waals surface area contributed by atoms with E-state index in [4.69, 9.17) is 4.74 Å². The van der Waals surface area contributed by atoms with Crippen LogP contribution in [0.25, 0.3) is 10.9 Å². The molecular weight excluding hydrogens is 245 g/mol. The molecule has 5 heteroatoms. The van der Waals surface area contributed by atoms with Crippen LogP contribution in [0.2, 0.25) is 0 Å². The molecule has 0 aliphatic rings. The van der Waals surface area contributed by atoms with Gasteiger partial charge in [-0.05, 0) is 18.2 Å². The Balaban J connectivity index is 1.88. The molecule has 0 unspecified atom stereocenters. The van der Waals surface area contributed by atoms with Crippen molar-refractivity contribution >= 4 is 10.9 Å². The van der Waals surface area contributed by atoms with Crippen molar-refractivity contribution in [3.05, 3.63) is 54.2 Å². The summed E-state index contributed by atoms with van der Waals surface area (Å²) in [6.07, 6.45) is 1.39. The number of hydrogen-bond acceptors (Lipinski definition) is 3. The Morgan fingerprint density at radius 2 is 2.05 bits per heavy atom. The normalized spacial score (nSPS) is 10.8. The fourth-order valence-corrected chi connectivity index (χ4v) is 2.02. The highest BCUT2D eigenvalue weighted by Gasteiger charge is 2.10. The summed E-state index contributed by atoms with van der Waals surface area (Å²) in [5.41, 5.74) is 1.80. The molecule has 0 atom stereocenters. The van der Waals surface area contributed by atoms with E-state index in [2.05, 4.69) is 10.1 Å². The Kier molecular flexibility index (Phi) is 2.87. The van der Waals surface area contributed by atoms with Gasteiger partial charge >= 0.3 is 0 Å². The standard InChI is InChI=1S/C14H12FN3O/c1-18-12-6-3-2-5-10(12)11(17-18)9-19-13-7-4-8-16-14(13)15/h2-8H,9H2,1H3. The monoisotopic (exact) mass is 257 g/mol. The predicted octanol–water partition coefficient (Wildman–Crippen LogP) is 2.69. The highest BCUT2D eigenvalue weighted by Crippen LogP contribution is 2.20. The Bertz CT molecular complexity index is 724. The first-order valence-electron chi connectivity index (χ1n) is 5.89. The summed E-state index contributed by atoms with van der Waals surface area (Å²) in [5.74, 6) is -0.472. The van der Waals surface area contributed by atoms with Crippen molar-refractivity contribution in [2.45, 2.75) is 6.61 Å². The van der Waals surface area contributed by atoms with Gasteiger partial charge in [-0.25, -0.2) is 4.98 Å². The van der Waals surface area contributed by atoms with Crippen molar-refractivity contribution < 1.29 is 9.13 Å². The van der Waals surface area contributed by atoms with E-state index in [0.717, 1.165) is 16.6 Å². The summed E-state index contributed by atoms with van der Waals surface area (Å²) < 4.78 is 20.6. The summed E-state index contributed by atoms with van der Waals surface area (Å²) in [4.78, 5) is 3.54. The maximum Gasteiger partial charge on any atom is 0.255 e. The highest BCUT2D eigenvalue weighted by molar-refractivity contribution is 5.81. The van der Waals surface area contributed by atoms with Crippen LogP contribution in [0.4, 0.5) is 4.39 Å². The van der Waals surface area contributed by atoms with Gasteiger partial charge in [-0.3, -0.25) is 4.68 Å².